The van der Waals surface area contributed by atoms with Crippen LogP contribution in [0.1, 0.15) is 38.9 Å². The summed E-state index contributed by atoms with van der Waals surface area (Å²) < 4.78 is 9.94. The molecule has 0 saturated carbocycles. The van der Waals surface area contributed by atoms with Gasteiger partial charge in [0.25, 0.3) is 0 Å². The lowest BCUT2D eigenvalue weighted by atomic mass is 9.75. The minimum Gasteiger partial charge on any atom is -0.512 e. The molecule has 1 aromatic heterocycles. The summed E-state index contributed by atoms with van der Waals surface area (Å²) in [5.41, 5.74) is 0.287. The molecule has 1 aliphatic carbocycles. The van der Waals surface area contributed by atoms with Crippen molar-refractivity contribution < 1.29 is 23.8 Å². The predicted octanol–water partition coefficient (Wildman–Crippen LogP) is 3.43. The summed E-state index contributed by atoms with van der Waals surface area (Å²) in [5, 5.41) is 10.2. The first-order valence-electron chi connectivity index (χ1n) is 7.09. The summed E-state index contributed by atoms with van der Waals surface area (Å²) in [4.78, 5) is 24.2. The first-order chi connectivity index (χ1) is 10.3. The number of allylic oxidation sites excluding steroid dienone is 2. The third-order valence-electron chi connectivity index (χ3n) is 3.64. The van der Waals surface area contributed by atoms with Crippen LogP contribution < -0.4 is 0 Å². The number of aliphatic hydroxyl groups excluding tert-OH is 1. The average Bonchev–Trinajstić information content (AvgIpc) is 2.92. The molecule has 0 amide bonds. The molecule has 5 heteroatoms. The predicted molar refractivity (Wildman–Crippen MR) is 81.0 cm³/mol. The van der Waals surface area contributed by atoms with Crippen LogP contribution in [0.2, 0.25) is 0 Å². The van der Waals surface area contributed by atoms with Crippen molar-refractivity contribution in [2.75, 3.05) is 7.11 Å². The van der Waals surface area contributed by atoms with Crippen LogP contribution in [0.4, 0.5) is 0 Å². The highest BCUT2D eigenvalue weighted by molar-refractivity contribution is 6.01. The zero-order valence-electron chi connectivity index (χ0n) is 13.0. The van der Waals surface area contributed by atoms with E-state index in [0.29, 0.717) is 18.6 Å². The first kappa shape index (κ1) is 16.1. The lowest BCUT2D eigenvalue weighted by molar-refractivity contribution is -0.136. The summed E-state index contributed by atoms with van der Waals surface area (Å²) in [7, 11) is 1.28. The third-order valence-corrected chi connectivity index (χ3v) is 3.64. The zero-order valence-corrected chi connectivity index (χ0v) is 13.0. The molecule has 22 heavy (non-hydrogen) atoms. The standard InChI is InChI=1S/C17H20O5/c1-17(2)9-14(18)13(15(19)10-17)8-11(16(20)21-3)7-12-5-4-6-22-12/h4-7,18H,8-10H2,1-3H3/b11-7+. The maximum Gasteiger partial charge on any atom is 0.334 e. The molecule has 0 atom stereocenters. The number of aliphatic hydroxyl groups is 1. The van der Waals surface area contributed by atoms with E-state index in [9.17, 15) is 14.7 Å². The molecule has 1 heterocycles. The Morgan fingerprint density at radius 3 is 2.73 bits per heavy atom. The van der Waals surface area contributed by atoms with E-state index in [1.165, 1.54) is 19.4 Å². The van der Waals surface area contributed by atoms with Gasteiger partial charge in [-0.15, -0.1) is 0 Å². The van der Waals surface area contributed by atoms with E-state index < -0.39 is 5.97 Å². The molecule has 0 fully saturated rings. The van der Waals surface area contributed by atoms with Crippen LogP contribution in [0.3, 0.4) is 0 Å². The molecule has 0 bridgehead atoms. The number of hydrogen-bond acceptors (Lipinski definition) is 5. The van der Waals surface area contributed by atoms with Crippen LogP contribution in [-0.4, -0.2) is 24.0 Å². The summed E-state index contributed by atoms with van der Waals surface area (Å²) in [6, 6.07) is 3.40. The average molecular weight is 304 g/mol. The Morgan fingerprint density at radius 2 is 2.18 bits per heavy atom. The van der Waals surface area contributed by atoms with Gasteiger partial charge in [-0.2, -0.15) is 0 Å². The zero-order chi connectivity index (χ0) is 16.3. The molecule has 0 unspecified atom stereocenters. The van der Waals surface area contributed by atoms with Crippen molar-refractivity contribution in [3.8, 4) is 0 Å². The highest BCUT2D eigenvalue weighted by Gasteiger charge is 2.33. The molecular weight excluding hydrogens is 284 g/mol. The highest BCUT2D eigenvalue weighted by atomic mass is 16.5. The smallest absolute Gasteiger partial charge is 0.334 e. The summed E-state index contributed by atoms with van der Waals surface area (Å²) in [6.45, 7) is 3.86. The van der Waals surface area contributed by atoms with Crippen LogP contribution in [-0.2, 0) is 14.3 Å². The fourth-order valence-electron chi connectivity index (χ4n) is 2.57. The van der Waals surface area contributed by atoms with E-state index in [2.05, 4.69) is 0 Å². The Bertz CT molecular complexity index is 632. The first-order valence-corrected chi connectivity index (χ1v) is 7.09. The molecule has 2 rings (SSSR count). The van der Waals surface area contributed by atoms with Gasteiger partial charge in [-0.1, -0.05) is 13.8 Å². The third kappa shape index (κ3) is 3.67. The van der Waals surface area contributed by atoms with Gasteiger partial charge in [0.05, 0.1) is 19.1 Å². The van der Waals surface area contributed by atoms with E-state index in [1.54, 1.807) is 12.1 Å². The topological polar surface area (TPSA) is 76.7 Å². The van der Waals surface area contributed by atoms with Gasteiger partial charge in [-0.3, -0.25) is 4.79 Å². The van der Waals surface area contributed by atoms with Crippen molar-refractivity contribution in [3.63, 3.8) is 0 Å². The molecule has 1 aromatic rings. The maximum atomic E-state index is 12.2. The molecule has 5 nitrogen and oxygen atoms in total. The molecule has 118 valence electrons. The number of ether oxygens (including phenoxy) is 1. The monoisotopic (exact) mass is 304 g/mol. The Kier molecular flexibility index (Phi) is 4.54. The van der Waals surface area contributed by atoms with E-state index in [4.69, 9.17) is 9.15 Å². The SMILES string of the molecule is COC(=O)/C(=C/c1ccco1)CC1=C(O)CC(C)(C)CC1=O. The fourth-order valence-corrected chi connectivity index (χ4v) is 2.57. The van der Waals surface area contributed by atoms with Crippen molar-refractivity contribution in [2.24, 2.45) is 5.41 Å². The number of Topliss-reactive ketones (excluding diaryl/α,β-unsaturated/α-hetero) is 1. The van der Waals surface area contributed by atoms with E-state index >= 15 is 0 Å². The van der Waals surface area contributed by atoms with E-state index in [-0.39, 0.29) is 34.5 Å². The fraction of sp³-hybridized carbons (Fsp3) is 0.412. The van der Waals surface area contributed by atoms with Gasteiger partial charge < -0.3 is 14.3 Å². The molecule has 0 aromatic carbocycles. The minimum atomic E-state index is -0.547. The number of rotatable bonds is 4. The van der Waals surface area contributed by atoms with Crippen LogP contribution in [0.25, 0.3) is 6.08 Å². The number of ketones is 1. The maximum absolute atomic E-state index is 12.2. The van der Waals surface area contributed by atoms with Gasteiger partial charge in [0.1, 0.15) is 5.76 Å². The Balaban J connectivity index is 2.32. The van der Waals surface area contributed by atoms with E-state index in [0.717, 1.165) is 0 Å². The Hall–Kier alpha value is -2.30. The molecule has 1 aliphatic rings. The van der Waals surface area contributed by atoms with Crippen LogP contribution in [0.5, 0.6) is 0 Å². The number of furan rings is 1. The van der Waals surface area contributed by atoms with Crippen molar-refractivity contribution in [1.82, 2.24) is 0 Å². The Morgan fingerprint density at radius 1 is 1.45 bits per heavy atom. The molecular formula is C17H20O5. The number of hydrogen-bond donors (Lipinski definition) is 1. The molecule has 0 saturated heterocycles. The van der Waals surface area contributed by atoms with Crippen molar-refractivity contribution in [1.29, 1.82) is 0 Å². The number of methoxy groups -OCH3 is 1. The molecule has 0 radical (unpaired) electrons. The van der Waals surface area contributed by atoms with Gasteiger partial charge in [-0.05, 0) is 23.6 Å². The number of carbonyl (C=O) groups excluding carboxylic acids is 2. The minimum absolute atomic E-state index is 0.0358. The number of carbonyl (C=O) groups is 2. The lowest BCUT2D eigenvalue weighted by Crippen LogP contribution is -2.26. The Labute approximate surface area is 129 Å². The molecule has 1 N–H and O–H groups in total. The van der Waals surface area contributed by atoms with Crippen molar-refractivity contribution in [3.05, 3.63) is 41.1 Å². The van der Waals surface area contributed by atoms with Gasteiger partial charge in [0.2, 0.25) is 0 Å². The van der Waals surface area contributed by atoms with Crippen LogP contribution in [0.15, 0.2) is 39.7 Å². The van der Waals surface area contributed by atoms with Crippen molar-refractivity contribution in [2.45, 2.75) is 33.1 Å². The summed E-state index contributed by atoms with van der Waals surface area (Å²) in [6.07, 6.45) is 3.82. The number of esters is 1. The second-order valence-corrected chi connectivity index (χ2v) is 6.22. The van der Waals surface area contributed by atoms with Gasteiger partial charge in [0, 0.05) is 30.4 Å². The molecule has 0 spiro atoms. The quantitative estimate of drug-likeness (QED) is 0.681. The normalized spacial score (nSPS) is 18.5. The molecule has 0 aliphatic heterocycles. The summed E-state index contributed by atoms with van der Waals surface area (Å²) >= 11 is 0. The lowest BCUT2D eigenvalue weighted by Gasteiger charge is -2.29. The van der Waals surface area contributed by atoms with E-state index in [1.807, 2.05) is 13.8 Å². The second kappa shape index (κ2) is 6.22. The van der Waals surface area contributed by atoms with Gasteiger partial charge in [-0.25, -0.2) is 4.79 Å². The largest absolute Gasteiger partial charge is 0.512 e. The highest BCUT2D eigenvalue weighted by Crippen LogP contribution is 2.37. The van der Waals surface area contributed by atoms with Crippen LogP contribution >= 0.6 is 0 Å². The van der Waals surface area contributed by atoms with Crippen LogP contribution in [0, 0.1) is 5.41 Å². The van der Waals surface area contributed by atoms with Gasteiger partial charge >= 0.3 is 5.97 Å². The van der Waals surface area contributed by atoms with Crippen molar-refractivity contribution >= 4 is 17.8 Å². The summed E-state index contributed by atoms with van der Waals surface area (Å²) in [5.74, 6) is -0.142. The van der Waals surface area contributed by atoms with Gasteiger partial charge in [0.15, 0.2) is 5.78 Å². The second-order valence-electron chi connectivity index (χ2n) is 6.22.